The van der Waals surface area contributed by atoms with E-state index in [4.69, 9.17) is 10.5 Å². The Bertz CT molecular complexity index is 1210. The Hall–Kier alpha value is -3.88. The van der Waals surface area contributed by atoms with E-state index >= 15 is 0 Å². The zero-order chi connectivity index (χ0) is 21.3. The molecule has 3 aromatic heterocycles. The van der Waals surface area contributed by atoms with Crippen molar-refractivity contribution in [2.24, 2.45) is 12.8 Å². The van der Waals surface area contributed by atoms with Crippen molar-refractivity contribution in [3.63, 3.8) is 0 Å². The maximum atomic E-state index is 11.2. The number of rotatable bonds is 6. The number of amides is 1. The maximum Gasteiger partial charge on any atom is 0.405 e. The van der Waals surface area contributed by atoms with Crippen LogP contribution in [0.2, 0.25) is 0 Å². The Kier molecular flexibility index (Phi) is 4.86. The van der Waals surface area contributed by atoms with Crippen LogP contribution in [0.5, 0.6) is 0 Å². The number of hydrogen-bond acceptors (Lipinski definition) is 6. The number of carbonyl (C=O) groups is 1. The second-order valence-corrected chi connectivity index (χ2v) is 7.67. The summed E-state index contributed by atoms with van der Waals surface area (Å²) in [5.41, 5.74) is 7.31. The molecule has 9 heteroatoms. The normalized spacial score (nSPS) is 11.6. The Morgan fingerprint density at radius 3 is 2.77 bits per heavy atom. The number of para-hydroxylation sites is 1. The van der Waals surface area contributed by atoms with Crippen LogP contribution in [-0.2, 0) is 18.2 Å². The smallest absolute Gasteiger partial charge is 0.405 e. The first kappa shape index (κ1) is 19.4. The van der Waals surface area contributed by atoms with Crippen LogP contribution in [0.4, 0.5) is 16.4 Å². The number of benzene rings is 1. The number of anilines is 2. The van der Waals surface area contributed by atoms with Crippen LogP contribution in [0.3, 0.4) is 0 Å². The molecule has 3 N–H and O–H groups in total. The van der Waals surface area contributed by atoms with Gasteiger partial charge in [0.15, 0.2) is 0 Å². The molecule has 0 radical (unpaired) electrons. The number of nitrogens with one attached hydrogen (secondary N) is 1. The van der Waals surface area contributed by atoms with Gasteiger partial charge in [0.25, 0.3) is 0 Å². The molecule has 0 aliphatic heterocycles. The van der Waals surface area contributed by atoms with Gasteiger partial charge in [-0.25, -0.2) is 9.78 Å². The largest absolute Gasteiger partial charge is 0.443 e. The van der Waals surface area contributed by atoms with Gasteiger partial charge in [-0.2, -0.15) is 10.1 Å². The molecule has 0 bridgehead atoms. The number of hydrogen-bond donors (Lipinski definition) is 2. The summed E-state index contributed by atoms with van der Waals surface area (Å²) < 4.78 is 8.98. The zero-order valence-corrected chi connectivity index (χ0v) is 17.0. The molecule has 0 unspecified atom stereocenters. The average Bonchev–Trinajstić information content (AvgIpc) is 3.24. The number of fused-ring (bicyclic) bond motifs is 1. The van der Waals surface area contributed by atoms with Gasteiger partial charge in [0.1, 0.15) is 11.4 Å². The fourth-order valence-corrected chi connectivity index (χ4v) is 3.51. The summed E-state index contributed by atoms with van der Waals surface area (Å²) in [6, 6.07) is 9.86. The predicted octanol–water partition coefficient (Wildman–Crippen LogP) is 3.31. The van der Waals surface area contributed by atoms with Gasteiger partial charge in [0.2, 0.25) is 5.95 Å². The summed E-state index contributed by atoms with van der Waals surface area (Å²) in [4.78, 5) is 20.2. The van der Waals surface area contributed by atoms with Gasteiger partial charge in [0, 0.05) is 37.4 Å². The summed E-state index contributed by atoms with van der Waals surface area (Å²) >= 11 is 0. The van der Waals surface area contributed by atoms with E-state index in [2.05, 4.69) is 20.4 Å². The van der Waals surface area contributed by atoms with Crippen LogP contribution >= 0.6 is 0 Å². The van der Waals surface area contributed by atoms with Crippen LogP contribution in [0.15, 0.2) is 55.1 Å². The number of nitrogens with two attached hydrogens (primary N) is 1. The minimum Gasteiger partial charge on any atom is -0.443 e. The predicted molar refractivity (Wildman–Crippen MR) is 114 cm³/mol. The molecule has 0 aliphatic rings. The van der Waals surface area contributed by atoms with Crippen LogP contribution in [0.25, 0.3) is 16.7 Å². The molecule has 3 heterocycles. The number of ether oxygens (including phenoxy) is 1. The lowest BCUT2D eigenvalue weighted by Crippen LogP contribution is -2.33. The van der Waals surface area contributed by atoms with E-state index < -0.39 is 11.7 Å². The van der Waals surface area contributed by atoms with Crippen molar-refractivity contribution >= 4 is 28.6 Å². The first-order valence-corrected chi connectivity index (χ1v) is 9.47. The van der Waals surface area contributed by atoms with Gasteiger partial charge in [-0.05, 0) is 31.5 Å². The fraction of sp³-hybridized carbons (Fsp3) is 0.238. The fourth-order valence-electron chi connectivity index (χ4n) is 3.51. The summed E-state index contributed by atoms with van der Waals surface area (Å²) in [6.07, 6.45) is 6.99. The standard InChI is InChI=1S/C21H23N7O2/c1-21(2,30-19(22)29)10-14-12-28(17-7-5-4-6-16(14)17)18-8-9-23-20(26-18)25-15-11-24-27(3)13-15/h4-9,11-13H,10H2,1-3H3,(H2,22,29)(H,23,25,26). The molecule has 0 fully saturated rings. The van der Waals surface area contributed by atoms with Crippen molar-refractivity contribution in [3.8, 4) is 5.82 Å². The highest BCUT2D eigenvalue weighted by atomic mass is 16.6. The number of nitrogens with zero attached hydrogens (tertiary/aromatic N) is 5. The minimum absolute atomic E-state index is 0.470. The van der Waals surface area contributed by atoms with Crippen LogP contribution < -0.4 is 11.1 Å². The molecule has 4 rings (SSSR count). The number of aryl methyl sites for hydroxylation is 1. The van der Waals surface area contributed by atoms with E-state index in [-0.39, 0.29) is 0 Å². The summed E-state index contributed by atoms with van der Waals surface area (Å²) in [5.74, 6) is 1.18. The summed E-state index contributed by atoms with van der Waals surface area (Å²) in [6.45, 7) is 3.68. The third-order valence-electron chi connectivity index (χ3n) is 4.64. The Morgan fingerprint density at radius 1 is 1.23 bits per heavy atom. The SMILES string of the molecule is Cn1cc(Nc2nccc(-n3cc(CC(C)(C)OC(N)=O)c4ccccc43)n2)cn1. The zero-order valence-electron chi connectivity index (χ0n) is 17.0. The Morgan fingerprint density at radius 2 is 2.03 bits per heavy atom. The molecular weight excluding hydrogens is 382 g/mol. The van der Waals surface area contributed by atoms with Crippen LogP contribution in [-0.4, -0.2) is 36.0 Å². The lowest BCUT2D eigenvalue weighted by atomic mass is 9.98. The van der Waals surface area contributed by atoms with Gasteiger partial charge < -0.3 is 20.4 Å². The Balaban J connectivity index is 1.71. The summed E-state index contributed by atoms with van der Waals surface area (Å²) in [7, 11) is 1.85. The average molecular weight is 405 g/mol. The van der Waals surface area contributed by atoms with Crippen LogP contribution in [0.1, 0.15) is 19.4 Å². The number of aromatic nitrogens is 5. The van der Waals surface area contributed by atoms with E-state index in [0.717, 1.165) is 22.2 Å². The van der Waals surface area contributed by atoms with Crippen LogP contribution in [0, 0.1) is 0 Å². The molecule has 1 aromatic carbocycles. The Labute approximate surface area is 173 Å². The van der Waals surface area contributed by atoms with Gasteiger partial charge in [0.05, 0.1) is 17.4 Å². The van der Waals surface area contributed by atoms with Gasteiger partial charge in [-0.3, -0.25) is 4.68 Å². The summed E-state index contributed by atoms with van der Waals surface area (Å²) in [5, 5.41) is 8.35. The molecule has 0 spiro atoms. The van der Waals surface area contributed by atoms with E-state index in [1.165, 1.54) is 0 Å². The highest BCUT2D eigenvalue weighted by Gasteiger charge is 2.25. The lowest BCUT2D eigenvalue weighted by Gasteiger charge is -2.23. The lowest BCUT2D eigenvalue weighted by molar-refractivity contribution is 0.0462. The van der Waals surface area contributed by atoms with Crippen molar-refractivity contribution in [3.05, 3.63) is 60.7 Å². The molecule has 1 amide bonds. The van der Waals surface area contributed by atoms with Crippen molar-refractivity contribution in [2.75, 3.05) is 5.32 Å². The third-order valence-corrected chi connectivity index (χ3v) is 4.64. The van der Waals surface area contributed by atoms with Crippen molar-refractivity contribution in [1.82, 2.24) is 24.3 Å². The highest BCUT2D eigenvalue weighted by molar-refractivity contribution is 5.85. The third kappa shape index (κ3) is 4.09. The molecule has 0 saturated carbocycles. The molecule has 9 nitrogen and oxygen atoms in total. The van der Waals surface area contributed by atoms with Crippen molar-refractivity contribution in [2.45, 2.75) is 25.9 Å². The van der Waals surface area contributed by atoms with Gasteiger partial charge in [-0.15, -0.1) is 0 Å². The quantitative estimate of drug-likeness (QED) is 0.509. The monoisotopic (exact) mass is 405 g/mol. The molecule has 30 heavy (non-hydrogen) atoms. The molecule has 154 valence electrons. The van der Waals surface area contributed by atoms with E-state index in [9.17, 15) is 4.79 Å². The number of carbonyl (C=O) groups excluding carboxylic acids is 1. The number of primary amides is 1. The first-order chi connectivity index (χ1) is 14.3. The topological polar surface area (TPSA) is 113 Å². The second kappa shape index (κ2) is 7.51. The second-order valence-electron chi connectivity index (χ2n) is 7.67. The molecule has 0 saturated heterocycles. The van der Waals surface area contributed by atoms with E-state index in [1.54, 1.807) is 17.1 Å². The molecule has 4 aromatic rings. The molecular formula is C21H23N7O2. The van der Waals surface area contributed by atoms with Crippen molar-refractivity contribution in [1.29, 1.82) is 0 Å². The van der Waals surface area contributed by atoms with Gasteiger partial charge in [-0.1, -0.05) is 18.2 Å². The maximum absolute atomic E-state index is 11.2. The highest BCUT2D eigenvalue weighted by Crippen LogP contribution is 2.28. The molecule has 0 atom stereocenters. The first-order valence-electron chi connectivity index (χ1n) is 9.47. The van der Waals surface area contributed by atoms with E-state index in [1.807, 2.05) is 68.2 Å². The van der Waals surface area contributed by atoms with E-state index in [0.29, 0.717) is 18.2 Å². The van der Waals surface area contributed by atoms with Crippen molar-refractivity contribution < 1.29 is 9.53 Å². The minimum atomic E-state index is -0.786. The van der Waals surface area contributed by atoms with Gasteiger partial charge >= 0.3 is 6.09 Å². The molecule has 0 aliphatic carbocycles.